The molecular formula is C18H28N4O. The Morgan fingerprint density at radius 3 is 3.26 bits per heavy atom. The molecule has 23 heavy (non-hydrogen) atoms. The molecule has 2 fully saturated rings. The first kappa shape index (κ1) is 15.2. The van der Waals surface area contributed by atoms with Crippen LogP contribution < -0.4 is 10.6 Å². The normalized spacial score (nSPS) is 29.8. The molecule has 2 aliphatic heterocycles. The third kappa shape index (κ3) is 2.80. The van der Waals surface area contributed by atoms with E-state index >= 15 is 0 Å². The van der Waals surface area contributed by atoms with Crippen molar-refractivity contribution in [1.29, 1.82) is 0 Å². The Morgan fingerprint density at radius 2 is 2.35 bits per heavy atom. The number of aryl methyl sites for hydroxylation is 2. The molecule has 0 bridgehead atoms. The Kier molecular flexibility index (Phi) is 4.14. The van der Waals surface area contributed by atoms with Crippen molar-refractivity contribution >= 4 is 5.91 Å². The van der Waals surface area contributed by atoms with Gasteiger partial charge in [-0.3, -0.25) is 4.79 Å². The highest BCUT2D eigenvalue weighted by Crippen LogP contribution is 2.43. The van der Waals surface area contributed by atoms with Crippen molar-refractivity contribution in [2.24, 2.45) is 11.3 Å². The van der Waals surface area contributed by atoms with Gasteiger partial charge in [-0.2, -0.15) is 0 Å². The highest BCUT2D eigenvalue weighted by Gasteiger charge is 2.49. The molecule has 4 rings (SSSR count). The van der Waals surface area contributed by atoms with Gasteiger partial charge in [0.05, 0.1) is 11.1 Å². The van der Waals surface area contributed by atoms with Crippen molar-refractivity contribution in [2.45, 2.75) is 57.9 Å². The van der Waals surface area contributed by atoms with E-state index in [1.807, 2.05) is 0 Å². The summed E-state index contributed by atoms with van der Waals surface area (Å²) in [5.41, 5.74) is 0.996. The van der Waals surface area contributed by atoms with Crippen molar-refractivity contribution in [3.63, 3.8) is 0 Å². The first-order valence-electron chi connectivity index (χ1n) is 9.32. The molecule has 126 valence electrons. The molecule has 0 unspecified atom stereocenters. The van der Waals surface area contributed by atoms with Crippen LogP contribution in [0.4, 0.5) is 0 Å². The second-order valence-corrected chi connectivity index (χ2v) is 7.53. The number of nitrogens with one attached hydrogen (secondary N) is 2. The first-order chi connectivity index (χ1) is 11.3. The van der Waals surface area contributed by atoms with E-state index in [4.69, 9.17) is 4.98 Å². The van der Waals surface area contributed by atoms with Crippen molar-refractivity contribution < 1.29 is 4.79 Å². The van der Waals surface area contributed by atoms with Gasteiger partial charge >= 0.3 is 0 Å². The second-order valence-electron chi connectivity index (χ2n) is 7.53. The van der Waals surface area contributed by atoms with E-state index in [9.17, 15) is 4.79 Å². The molecular weight excluding hydrogens is 288 g/mol. The number of hydrogen-bond acceptors (Lipinski definition) is 3. The van der Waals surface area contributed by atoms with Crippen LogP contribution in [0.2, 0.25) is 0 Å². The van der Waals surface area contributed by atoms with E-state index in [-0.39, 0.29) is 11.3 Å². The van der Waals surface area contributed by atoms with Crippen molar-refractivity contribution in [3.05, 3.63) is 17.7 Å². The summed E-state index contributed by atoms with van der Waals surface area (Å²) in [6, 6.07) is 0. The topological polar surface area (TPSA) is 59.0 Å². The van der Waals surface area contributed by atoms with E-state index in [2.05, 4.69) is 21.4 Å². The molecule has 2 atom stereocenters. The maximum Gasteiger partial charge on any atom is 0.227 e. The molecule has 0 aromatic carbocycles. The summed E-state index contributed by atoms with van der Waals surface area (Å²) in [6.07, 6.45) is 11.4. The van der Waals surface area contributed by atoms with Gasteiger partial charge in [-0.05, 0) is 38.1 Å². The van der Waals surface area contributed by atoms with Crippen molar-refractivity contribution in [3.8, 4) is 0 Å². The molecule has 1 aromatic heterocycles. The molecule has 1 saturated carbocycles. The van der Waals surface area contributed by atoms with E-state index < -0.39 is 0 Å². The highest BCUT2D eigenvalue weighted by atomic mass is 16.2. The minimum atomic E-state index is -0.133. The average molecular weight is 316 g/mol. The largest absolute Gasteiger partial charge is 0.355 e. The minimum Gasteiger partial charge on any atom is -0.355 e. The lowest BCUT2D eigenvalue weighted by Gasteiger charge is -2.37. The van der Waals surface area contributed by atoms with Gasteiger partial charge < -0.3 is 15.2 Å². The van der Waals surface area contributed by atoms with Crippen LogP contribution in [0.1, 0.15) is 50.0 Å². The summed E-state index contributed by atoms with van der Waals surface area (Å²) in [4.78, 5) is 17.5. The zero-order valence-electron chi connectivity index (χ0n) is 13.9. The molecule has 0 radical (unpaired) electrons. The Labute approximate surface area is 138 Å². The van der Waals surface area contributed by atoms with Crippen LogP contribution in [0.15, 0.2) is 6.20 Å². The van der Waals surface area contributed by atoms with E-state index in [0.717, 1.165) is 44.6 Å². The Bertz CT molecular complexity index is 558. The average Bonchev–Trinajstić information content (AvgIpc) is 3.18. The molecule has 3 aliphatic rings. The maximum atomic E-state index is 12.8. The van der Waals surface area contributed by atoms with Crippen LogP contribution >= 0.6 is 0 Å². The molecule has 1 amide bonds. The van der Waals surface area contributed by atoms with Gasteiger partial charge in [-0.25, -0.2) is 4.98 Å². The summed E-state index contributed by atoms with van der Waals surface area (Å²) in [5, 5.41) is 6.67. The minimum absolute atomic E-state index is 0.133. The summed E-state index contributed by atoms with van der Waals surface area (Å²) < 4.78 is 2.29. The molecule has 3 heterocycles. The Morgan fingerprint density at radius 1 is 1.39 bits per heavy atom. The molecule has 2 N–H and O–H groups in total. The zero-order chi connectivity index (χ0) is 15.7. The lowest BCUT2D eigenvalue weighted by molar-refractivity contribution is -0.133. The fourth-order valence-corrected chi connectivity index (χ4v) is 4.76. The van der Waals surface area contributed by atoms with E-state index in [1.54, 1.807) is 0 Å². The predicted molar refractivity (Wildman–Crippen MR) is 89.1 cm³/mol. The number of rotatable bonds is 4. The SMILES string of the molecule is O=C(NCCc1cn2c(n1)CCCC2)[C@@]12CCCC[C@H]1CNC2. The summed E-state index contributed by atoms with van der Waals surface area (Å²) >= 11 is 0. The van der Waals surface area contributed by atoms with Crippen LogP contribution in [-0.4, -0.2) is 35.1 Å². The van der Waals surface area contributed by atoms with Crippen LogP contribution in [0, 0.1) is 11.3 Å². The summed E-state index contributed by atoms with van der Waals surface area (Å²) in [6.45, 7) is 3.69. The summed E-state index contributed by atoms with van der Waals surface area (Å²) in [7, 11) is 0. The van der Waals surface area contributed by atoms with Gasteiger partial charge in [-0.1, -0.05) is 12.8 Å². The van der Waals surface area contributed by atoms with Gasteiger partial charge in [0.15, 0.2) is 0 Å². The number of aromatic nitrogens is 2. The van der Waals surface area contributed by atoms with Crippen LogP contribution in [0.3, 0.4) is 0 Å². The molecule has 5 nitrogen and oxygen atoms in total. The lowest BCUT2D eigenvalue weighted by atomic mass is 9.67. The van der Waals surface area contributed by atoms with Crippen LogP contribution in [0.5, 0.6) is 0 Å². The molecule has 1 aliphatic carbocycles. The summed E-state index contributed by atoms with van der Waals surface area (Å²) in [5.74, 6) is 2.04. The number of fused-ring (bicyclic) bond motifs is 2. The second kappa shape index (κ2) is 6.27. The molecule has 5 heteroatoms. The molecule has 1 aromatic rings. The fourth-order valence-electron chi connectivity index (χ4n) is 4.76. The van der Waals surface area contributed by atoms with E-state index in [0.29, 0.717) is 12.5 Å². The maximum absolute atomic E-state index is 12.8. The number of carbonyl (C=O) groups is 1. The van der Waals surface area contributed by atoms with Gasteiger partial charge in [0.2, 0.25) is 5.91 Å². The van der Waals surface area contributed by atoms with Crippen molar-refractivity contribution in [2.75, 3.05) is 19.6 Å². The number of carbonyl (C=O) groups excluding carboxylic acids is 1. The number of nitrogens with zero attached hydrogens (tertiary/aromatic N) is 2. The molecule has 0 spiro atoms. The van der Waals surface area contributed by atoms with Gasteiger partial charge in [-0.15, -0.1) is 0 Å². The number of hydrogen-bond donors (Lipinski definition) is 2. The fraction of sp³-hybridized carbons (Fsp3) is 0.778. The Balaban J connectivity index is 1.34. The quantitative estimate of drug-likeness (QED) is 0.888. The zero-order valence-corrected chi connectivity index (χ0v) is 13.9. The standard InChI is InChI=1S/C18H28N4O/c23-17(18-8-3-1-5-14(18)11-19-13-18)20-9-7-15-12-22-10-4-2-6-16(22)21-15/h12,14,19H,1-11,13H2,(H,20,23)/t14-,18+/m0/s1. The Hall–Kier alpha value is -1.36. The highest BCUT2D eigenvalue weighted by molar-refractivity contribution is 5.83. The predicted octanol–water partition coefficient (Wildman–Crippen LogP) is 1.66. The van der Waals surface area contributed by atoms with Crippen LogP contribution in [0.25, 0.3) is 0 Å². The molecule has 1 saturated heterocycles. The van der Waals surface area contributed by atoms with Gasteiger partial charge in [0.25, 0.3) is 0 Å². The first-order valence-corrected chi connectivity index (χ1v) is 9.32. The van der Waals surface area contributed by atoms with E-state index in [1.165, 1.54) is 37.9 Å². The van der Waals surface area contributed by atoms with Gasteiger partial charge in [0, 0.05) is 38.7 Å². The van der Waals surface area contributed by atoms with Gasteiger partial charge in [0.1, 0.15) is 5.82 Å². The monoisotopic (exact) mass is 316 g/mol. The smallest absolute Gasteiger partial charge is 0.227 e. The number of imidazole rings is 1. The third-order valence-electron chi connectivity index (χ3n) is 6.12. The lowest BCUT2D eigenvalue weighted by Crippen LogP contribution is -2.48. The van der Waals surface area contributed by atoms with Crippen LogP contribution in [-0.2, 0) is 24.2 Å². The third-order valence-corrected chi connectivity index (χ3v) is 6.12. The number of amides is 1. The van der Waals surface area contributed by atoms with Crippen molar-refractivity contribution in [1.82, 2.24) is 20.2 Å².